The van der Waals surface area contributed by atoms with Gasteiger partial charge in [0.15, 0.2) is 0 Å². The van der Waals surface area contributed by atoms with Crippen LogP contribution in [0.4, 0.5) is 0 Å². The Balaban J connectivity index is 0.000000500. The summed E-state index contributed by atoms with van der Waals surface area (Å²) in [5.41, 5.74) is 24.2. The van der Waals surface area contributed by atoms with Gasteiger partial charge in [0.1, 0.15) is 18.1 Å². The lowest BCUT2D eigenvalue weighted by Crippen LogP contribution is -2.32. The number of benzene rings is 3. The molecule has 0 aliphatic rings. The third-order valence-electron chi connectivity index (χ3n) is 4.54. The number of hydrogen-bond donors (Lipinski definition) is 6. The van der Waals surface area contributed by atoms with Crippen LogP contribution in [0, 0.1) is 0 Å². The molecule has 37 heavy (non-hydrogen) atoms. The Kier molecular flexibility index (Phi) is 17.9. The summed E-state index contributed by atoms with van der Waals surface area (Å²) in [7, 11) is 1.65. The molecular weight excluding hydrogens is 476 g/mol. The molecule has 0 bridgehead atoms. The first kappa shape index (κ1) is 32.9. The summed E-state index contributed by atoms with van der Waals surface area (Å²) < 4.78 is 5.06. The first-order valence-electron chi connectivity index (χ1n) is 11.3. The summed E-state index contributed by atoms with van der Waals surface area (Å²) in [6.07, 6.45) is 1.20. The SMILES string of the molecule is COc1ccccc1CN.NCC(=O)O.NCC[C@H](N)C(=O)O.O=Cc1ccc(-c2ccccc2)cc1. The highest BCUT2D eigenvalue weighted by Crippen LogP contribution is 2.18. The molecule has 3 rings (SSSR count). The van der Waals surface area contributed by atoms with E-state index in [1.807, 2.05) is 66.7 Å². The van der Waals surface area contributed by atoms with Gasteiger partial charge in [-0.1, -0.05) is 72.8 Å². The molecule has 0 aromatic heterocycles. The number of para-hydroxylation sites is 1. The smallest absolute Gasteiger partial charge is 0.320 e. The number of rotatable bonds is 8. The molecule has 0 fully saturated rings. The fourth-order valence-electron chi connectivity index (χ4n) is 2.56. The number of carbonyl (C=O) groups excluding carboxylic acids is 1. The Morgan fingerprint density at radius 1 is 0.865 bits per heavy atom. The first-order valence-corrected chi connectivity index (χ1v) is 11.3. The van der Waals surface area contributed by atoms with Gasteiger partial charge in [-0.15, -0.1) is 0 Å². The van der Waals surface area contributed by atoms with Crippen molar-refractivity contribution in [1.29, 1.82) is 0 Å². The highest BCUT2D eigenvalue weighted by Gasteiger charge is 2.08. The number of carboxylic acids is 2. The number of carboxylic acid groups (broad SMARTS) is 2. The molecular formula is C27H36N4O6. The van der Waals surface area contributed by atoms with Crippen molar-refractivity contribution in [3.63, 3.8) is 0 Å². The lowest BCUT2D eigenvalue weighted by atomic mass is 10.0. The van der Waals surface area contributed by atoms with E-state index >= 15 is 0 Å². The van der Waals surface area contributed by atoms with E-state index < -0.39 is 18.0 Å². The predicted molar refractivity (Wildman–Crippen MR) is 144 cm³/mol. The van der Waals surface area contributed by atoms with E-state index in [0.29, 0.717) is 25.1 Å². The molecule has 3 aromatic rings. The lowest BCUT2D eigenvalue weighted by molar-refractivity contribution is -0.138. The van der Waals surface area contributed by atoms with E-state index in [1.165, 1.54) is 5.56 Å². The molecule has 0 unspecified atom stereocenters. The van der Waals surface area contributed by atoms with Gasteiger partial charge in [-0.05, 0) is 30.2 Å². The average molecular weight is 513 g/mol. The molecule has 0 radical (unpaired) electrons. The molecule has 0 saturated carbocycles. The number of hydrogen-bond acceptors (Lipinski definition) is 8. The number of carbonyl (C=O) groups is 3. The minimum absolute atomic E-state index is 0.278. The van der Waals surface area contributed by atoms with Crippen molar-refractivity contribution in [3.8, 4) is 16.9 Å². The molecule has 0 spiro atoms. The maximum Gasteiger partial charge on any atom is 0.320 e. The Hall–Kier alpha value is -4.09. The van der Waals surface area contributed by atoms with Gasteiger partial charge in [0.05, 0.1) is 13.7 Å². The maximum absolute atomic E-state index is 10.5. The molecule has 10 N–H and O–H groups in total. The molecule has 0 aliphatic heterocycles. The van der Waals surface area contributed by atoms with Crippen LogP contribution in [0.5, 0.6) is 5.75 Å². The number of aldehydes is 1. The standard InChI is InChI=1S/C13H10O.C8H11NO.C4H10N2O2.C2H5NO2/c14-10-11-6-8-13(9-7-11)12-4-2-1-3-5-12;1-10-8-5-3-2-4-7(8)6-9;5-2-1-3(6)4(7)8;3-1-2(4)5/h1-10H;2-5H,6,9H2,1H3;3H,1-2,5-6H2,(H,7,8);1,3H2,(H,4,5)/t;;3-;/m..0./s1. The van der Waals surface area contributed by atoms with Crippen LogP contribution in [-0.2, 0) is 16.1 Å². The fourth-order valence-corrected chi connectivity index (χ4v) is 2.56. The van der Waals surface area contributed by atoms with Crippen LogP contribution in [0.25, 0.3) is 11.1 Å². The van der Waals surface area contributed by atoms with E-state index in [1.54, 1.807) is 7.11 Å². The van der Waals surface area contributed by atoms with Crippen LogP contribution < -0.4 is 27.7 Å². The van der Waals surface area contributed by atoms with Gasteiger partial charge in [0.2, 0.25) is 0 Å². The van der Waals surface area contributed by atoms with Crippen LogP contribution >= 0.6 is 0 Å². The molecule has 0 saturated heterocycles. The zero-order valence-electron chi connectivity index (χ0n) is 20.8. The molecule has 10 heteroatoms. The van der Waals surface area contributed by atoms with Gasteiger partial charge < -0.3 is 37.9 Å². The van der Waals surface area contributed by atoms with Crippen molar-refractivity contribution in [2.75, 3.05) is 20.2 Å². The molecule has 0 amide bonds. The quantitative estimate of drug-likeness (QED) is 0.242. The minimum atomic E-state index is -0.990. The fraction of sp³-hybridized carbons (Fsp3) is 0.222. The third kappa shape index (κ3) is 14.8. The second-order valence-electron chi connectivity index (χ2n) is 7.24. The first-order chi connectivity index (χ1) is 17.7. The van der Waals surface area contributed by atoms with E-state index in [9.17, 15) is 14.4 Å². The van der Waals surface area contributed by atoms with E-state index in [0.717, 1.165) is 23.2 Å². The summed E-state index contributed by atoms with van der Waals surface area (Å²) >= 11 is 0. The molecule has 0 aliphatic carbocycles. The Labute approximate surface area is 216 Å². The van der Waals surface area contributed by atoms with Crippen LogP contribution in [0.1, 0.15) is 22.3 Å². The van der Waals surface area contributed by atoms with Gasteiger partial charge in [0.25, 0.3) is 0 Å². The van der Waals surface area contributed by atoms with E-state index in [-0.39, 0.29) is 6.54 Å². The number of ether oxygens (including phenoxy) is 1. The summed E-state index contributed by atoms with van der Waals surface area (Å²) in [5.74, 6) is -1.09. The van der Waals surface area contributed by atoms with Crippen LogP contribution in [-0.4, -0.2) is 54.7 Å². The zero-order chi connectivity index (χ0) is 28.1. The molecule has 0 heterocycles. The second kappa shape index (κ2) is 20.1. The third-order valence-corrected chi connectivity index (χ3v) is 4.54. The van der Waals surface area contributed by atoms with Crippen molar-refractivity contribution >= 4 is 18.2 Å². The van der Waals surface area contributed by atoms with Crippen LogP contribution in [0.3, 0.4) is 0 Å². The predicted octanol–water partition coefficient (Wildman–Crippen LogP) is 2.10. The molecule has 10 nitrogen and oxygen atoms in total. The Bertz CT molecular complexity index is 1020. The minimum Gasteiger partial charge on any atom is -0.496 e. The van der Waals surface area contributed by atoms with Gasteiger partial charge >= 0.3 is 11.9 Å². The van der Waals surface area contributed by atoms with Gasteiger partial charge in [-0.3, -0.25) is 14.4 Å². The van der Waals surface area contributed by atoms with Crippen molar-refractivity contribution in [2.24, 2.45) is 22.9 Å². The van der Waals surface area contributed by atoms with Crippen molar-refractivity contribution in [3.05, 3.63) is 90.0 Å². The van der Waals surface area contributed by atoms with Gasteiger partial charge in [-0.2, -0.15) is 0 Å². The summed E-state index contributed by atoms with van der Waals surface area (Å²) in [5, 5.41) is 15.7. The van der Waals surface area contributed by atoms with E-state index in [4.69, 9.17) is 32.2 Å². The number of methoxy groups -OCH3 is 1. The molecule has 1 atom stereocenters. The zero-order valence-corrected chi connectivity index (χ0v) is 20.8. The summed E-state index contributed by atoms with van der Waals surface area (Å²) in [6, 6.07) is 24.6. The number of nitrogens with two attached hydrogens (primary N) is 4. The topological polar surface area (TPSA) is 205 Å². The average Bonchev–Trinajstić information content (AvgIpc) is 2.94. The summed E-state index contributed by atoms with van der Waals surface area (Å²) in [6.45, 7) is 0.581. The highest BCUT2D eigenvalue weighted by molar-refractivity contribution is 5.76. The molecule has 3 aromatic carbocycles. The summed E-state index contributed by atoms with van der Waals surface area (Å²) in [4.78, 5) is 29.6. The number of aliphatic carboxylic acids is 2. The highest BCUT2D eigenvalue weighted by atomic mass is 16.5. The maximum atomic E-state index is 10.5. The Morgan fingerprint density at radius 3 is 1.76 bits per heavy atom. The van der Waals surface area contributed by atoms with Gasteiger partial charge in [-0.25, -0.2) is 0 Å². The lowest BCUT2D eigenvalue weighted by Gasteiger charge is -2.03. The normalized spacial score (nSPS) is 10.1. The largest absolute Gasteiger partial charge is 0.496 e. The Morgan fingerprint density at radius 2 is 1.38 bits per heavy atom. The van der Waals surface area contributed by atoms with Crippen LogP contribution in [0.2, 0.25) is 0 Å². The molecule has 200 valence electrons. The van der Waals surface area contributed by atoms with Crippen molar-refractivity contribution in [2.45, 2.75) is 19.0 Å². The van der Waals surface area contributed by atoms with Crippen LogP contribution in [0.15, 0.2) is 78.9 Å². The van der Waals surface area contributed by atoms with Crippen molar-refractivity contribution < 1.29 is 29.3 Å². The van der Waals surface area contributed by atoms with Crippen molar-refractivity contribution in [1.82, 2.24) is 0 Å². The van der Waals surface area contributed by atoms with Gasteiger partial charge in [0, 0.05) is 17.7 Å². The monoisotopic (exact) mass is 512 g/mol. The van der Waals surface area contributed by atoms with E-state index in [2.05, 4.69) is 17.9 Å². The second-order valence-corrected chi connectivity index (χ2v) is 7.24.